The number of amides is 1. The van der Waals surface area contributed by atoms with Crippen LogP contribution in [0, 0.1) is 0 Å². The van der Waals surface area contributed by atoms with Gasteiger partial charge in [0.05, 0.1) is 21.8 Å². The van der Waals surface area contributed by atoms with E-state index in [0.717, 1.165) is 28.8 Å². The lowest BCUT2D eigenvalue weighted by molar-refractivity contribution is -0.122. The molecule has 1 atom stereocenters. The molecule has 0 bridgehead atoms. The monoisotopic (exact) mass is 405 g/mol. The van der Waals surface area contributed by atoms with Crippen LogP contribution in [0.1, 0.15) is 43.0 Å². The highest BCUT2D eigenvalue weighted by molar-refractivity contribution is 6.42. The molecule has 2 heterocycles. The first-order valence-corrected chi connectivity index (χ1v) is 9.39. The molecule has 9 heteroatoms. The minimum absolute atomic E-state index is 0.188. The Morgan fingerprint density at radius 1 is 1.22 bits per heavy atom. The number of fused-ring (bicyclic) bond motifs is 1. The molecule has 27 heavy (non-hydrogen) atoms. The van der Waals surface area contributed by atoms with E-state index in [1.165, 1.54) is 4.52 Å². The summed E-state index contributed by atoms with van der Waals surface area (Å²) in [5.74, 6) is 0.0986. The van der Waals surface area contributed by atoms with Gasteiger partial charge in [0.2, 0.25) is 5.91 Å². The standard InChI is InChI=1S/C18H17Cl2N5O2/c1-10(12-4-5-13(19)14(20)8-12)21-17(26)9-24-18(27)25-16(23-24)7-6-15(22-25)11-2-3-11/h4-8,10-11H,2-3,9H2,1H3,(H,21,26)/t10-/m0/s1. The Morgan fingerprint density at radius 2 is 2.00 bits per heavy atom. The highest BCUT2D eigenvalue weighted by Gasteiger charge is 2.26. The number of nitrogens with one attached hydrogen (secondary N) is 1. The Balaban J connectivity index is 1.49. The molecule has 0 unspecified atom stereocenters. The molecule has 1 saturated carbocycles. The van der Waals surface area contributed by atoms with Crippen molar-refractivity contribution in [2.24, 2.45) is 0 Å². The molecule has 1 aliphatic rings. The topological polar surface area (TPSA) is 81.3 Å². The third-order valence-electron chi connectivity index (χ3n) is 4.57. The number of hydrogen-bond acceptors (Lipinski definition) is 4. The van der Waals surface area contributed by atoms with Gasteiger partial charge in [0.15, 0.2) is 5.65 Å². The number of nitrogens with zero attached hydrogens (tertiary/aromatic N) is 4. The van der Waals surface area contributed by atoms with Crippen LogP contribution in [0.25, 0.3) is 5.65 Å². The average molecular weight is 406 g/mol. The molecule has 7 nitrogen and oxygen atoms in total. The second-order valence-corrected chi connectivity index (χ2v) is 7.52. The number of halogens is 2. The fraction of sp³-hybridized carbons (Fsp3) is 0.333. The molecule has 4 rings (SSSR count). The number of aromatic nitrogens is 4. The second-order valence-electron chi connectivity index (χ2n) is 6.71. The van der Waals surface area contributed by atoms with Crippen molar-refractivity contribution in [2.75, 3.05) is 0 Å². The van der Waals surface area contributed by atoms with E-state index < -0.39 is 5.69 Å². The van der Waals surface area contributed by atoms with Crippen LogP contribution in [0.4, 0.5) is 0 Å². The van der Waals surface area contributed by atoms with Gasteiger partial charge in [0.1, 0.15) is 6.54 Å². The number of rotatable bonds is 5. The molecule has 2 aromatic heterocycles. The molecule has 0 saturated heterocycles. The zero-order valence-electron chi connectivity index (χ0n) is 14.5. The van der Waals surface area contributed by atoms with Gasteiger partial charge in [-0.15, -0.1) is 5.10 Å². The zero-order chi connectivity index (χ0) is 19.1. The Hall–Kier alpha value is -2.38. The van der Waals surface area contributed by atoms with Crippen molar-refractivity contribution in [1.82, 2.24) is 24.7 Å². The van der Waals surface area contributed by atoms with E-state index in [4.69, 9.17) is 23.2 Å². The number of carbonyl (C=O) groups excluding carboxylic acids is 1. The van der Waals surface area contributed by atoms with Crippen LogP contribution >= 0.6 is 23.2 Å². The van der Waals surface area contributed by atoms with Crippen molar-refractivity contribution < 1.29 is 4.79 Å². The molecule has 140 valence electrons. The molecule has 0 spiro atoms. The highest BCUT2D eigenvalue weighted by atomic mass is 35.5. The fourth-order valence-electron chi connectivity index (χ4n) is 2.91. The van der Waals surface area contributed by atoms with Gasteiger partial charge >= 0.3 is 5.69 Å². The summed E-state index contributed by atoms with van der Waals surface area (Å²) in [6.45, 7) is 1.64. The summed E-state index contributed by atoms with van der Waals surface area (Å²) in [6, 6.07) is 8.52. The normalized spacial score (nSPS) is 15.1. The van der Waals surface area contributed by atoms with Crippen LogP contribution in [0.5, 0.6) is 0 Å². The van der Waals surface area contributed by atoms with E-state index in [0.29, 0.717) is 21.6 Å². The third kappa shape index (κ3) is 3.70. The summed E-state index contributed by atoms with van der Waals surface area (Å²) < 4.78 is 2.37. The van der Waals surface area contributed by atoms with E-state index >= 15 is 0 Å². The van der Waals surface area contributed by atoms with Gasteiger partial charge in [-0.25, -0.2) is 9.48 Å². The van der Waals surface area contributed by atoms with Crippen molar-refractivity contribution in [1.29, 1.82) is 0 Å². The fourth-order valence-corrected chi connectivity index (χ4v) is 3.22. The molecule has 1 aliphatic carbocycles. The molecular weight excluding hydrogens is 389 g/mol. The number of carbonyl (C=O) groups is 1. The SMILES string of the molecule is C[C@H](NC(=O)Cn1nc2ccc(C3CC3)nn2c1=O)c1ccc(Cl)c(Cl)c1. The minimum atomic E-state index is -0.426. The molecule has 0 aliphatic heterocycles. The van der Waals surface area contributed by atoms with Crippen LogP contribution in [0.3, 0.4) is 0 Å². The van der Waals surface area contributed by atoms with Gasteiger partial charge in [-0.05, 0) is 49.6 Å². The summed E-state index contributed by atoms with van der Waals surface area (Å²) >= 11 is 11.9. The van der Waals surface area contributed by atoms with E-state index in [1.54, 1.807) is 24.3 Å². The Morgan fingerprint density at radius 3 is 2.70 bits per heavy atom. The molecule has 1 amide bonds. The first kappa shape index (κ1) is 18.0. The molecule has 1 aromatic carbocycles. The summed E-state index contributed by atoms with van der Waals surface area (Å²) in [6.07, 6.45) is 2.19. The first-order chi connectivity index (χ1) is 12.9. The maximum Gasteiger partial charge on any atom is 0.367 e. The second kappa shape index (κ2) is 6.98. The van der Waals surface area contributed by atoms with Crippen LogP contribution in [0.2, 0.25) is 10.0 Å². The smallest absolute Gasteiger partial charge is 0.348 e. The zero-order valence-corrected chi connectivity index (χ0v) is 16.0. The van der Waals surface area contributed by atoms with Gasteiger partial charge < -0.3 is 5.32 Å². The van der Waals surface area contributed by atoms with E-state index in [2.05, 4.69) is 15.5 Å². The van der Waals surface area contributed by atoms with Crippen LogP contribution in [-0.2, 0) is 11.3 Å². The molecule has 3 aromatic rings. The average Bonchev–Trinajstić information content (AvgIpc) is 3.44. The maximum absolute atomic E-state index is 12.5. The Kier molecular flexibility index (Phi) is 4.65. The van der Waals surface area contributed by atoms with Gasteiger partial charge in [-0.2, -0.15) is 9.61 Å². The highest BCUT2D eigenvalue weighted by Crippen LogP contribution is 2.38. The molecule has 1 N–H and O–H groups in total. The largest absolute Gasteiger partial charge is 0.367 e. The molecular formula is C18H17Cl2N5O2. The van der Waals surface area contributed by atoms with Crippen molar-refractivity contribution in [3.8, 4) is 0 Å². The van der Waals surface area contributed by atoms with Crippen LogP contribution in [-0.4, -0.2) is 25.3 Å². The molecule has 1 fully saturated rings. The number of benzene rings is 1. The Labute approximate surface area is 164 Å². The lowest BCUT2D eigenvalue weighted by Gasteiger charge is -2.14. The number of hydrogen-bond donors (Lipinski definition) is 1. The predicted molar refractivity (Wildman–Crippen MR) is 102 cm³/mol. The first-order valence-electron chi connectivity index (χ1n) is 8.63. The van der Waals surface area contributed by atoms with E-state index in [1.807, 2.05) is 13.0 Å². The third-order valence-corrected chi connectivity index (χ3v) is 5.31. The predicted octanol–water partition coefficient (Wildman–Crippen LogP) is 2.95. The van der Waals surface area contributed by atoms with Gasteiger partial charge in [-0.3, -0.25) is 4.79 Å². The van der Waals surface area contributed by atoms with Crippen molar-refractivity contribution in [3.63, 3.8) is 0 Å². The van der Waals surface area contributed by atoms with Crippen molar-refractivity contribution >= 4 is 34.8 Å². The lowest BCUT2D eigenvalue weighted by Crippen LogP contribution is -2.34. The van der Waals surface area contributed by atoms with Crippen molar-refractivity contribution in [3.05, 3.63) is 62.1 Å². The van der Waals surface area contributed by atoms with Gasteiger partial charge in [0, 0.05) is 5.92 Å². The van der Waals surface area contributed by atoms with Gasteiger partial charge in [-0.1, -0.05) is 29.3 Å². The van der Waals surface area contributed by atoms with E-state index in [9.17, 15) is 9.59 Å². The van der Waals surface area contributed by atoms with Gasteiger partial charge in [0.25, 0.3) is 0 Å². The summed E-state index contributed by atoms with van der Waals surface area (Å²) in [4.78, 5) is 24.8. The lowest BCUT2D eigenvalue weighted by atomic mass is 10.1. The summed E-state index contributed by atoms with van der Waals surface area (Å²) in [5.41, 5.74) is 1.71. The minimum Gasteiger partial charge on any atom is -0.348 e. The molecule has 0 radical (unpaired) electrons. The van der Waals surface area contributed by atoms with Crippen LogP contribution in [0.15, 0.2) is 35.1 Å². The van der Waals surface area contributed by atoms with Crippen molar-refractivity contribution in [2.45, 2.75) is 38.3 Å². The van der Waals surface area contributed by atoms with E-state index in [-0.39, 0.29) is 18.5 Å². The summed E-state index contributed by atoms with van der Waals surface area (Å²) in [5, 5.41) is 12.2. The maximum atomic E-state index is 12.5. The summed E-state index contributed by atoms with van der Waals surface area (Å²) in [7, 11) is 0. The van der Waals surface area contributed by atoms with Crippen LogP contribution < -0.4 is 11.0 Å². The Bertz CT molecular complexity index is 1090. The quantitative estimate of drug-likeness (QED) is 0.707.